The van der Waals surface area contributed by atoms with Crippen LogP contribution in [-0.4, -0.2) is 30.5 Å². The van der Waals surface area contributed by atoms with Gasteiger partial charge in [-0.15, -0.1) is 11.3 Å². The Morgan fingerprint density at radius 3 is 2.52 bits per heavy atom. The Kier molecular flexibility index (Phi) is 5.44. The van der Waals surface area contributed by atoms with Crippen molar-refractivity contribution in [1.29, 1.82) is 0 Å². The van der Waals surface area contributed by atoms with Crippen molar-refractivity contribution in [2.75, 3.05) is 20.6 Å². The maximum absolute atomic E-state index is 10.6. The van der Waals surface area contributed by atoms with E-state index in [4.69, 9.17) is 0 Å². The van der Waals surface area contributed by atoms with Crippen molar-refractivity contribution in [1.82, 2.24) is 10.2 Å². The summed E-state index contributed by atoms with van der Waals surface area (Å²) in [7, 11) is 4.13. The van der Waals surface area contributed by atoms with Crippen molar-refractivity contribution in [3.63, 3.8) is 0 Å². The minimum atomic E-state index is -0.379. The van der Waals surface area contributed by atoms with Gasteiger partial charge in [0.05, 0.1) is 11.0 Å². The highest BCUT2D eigenvalue weighted by Gasteiger charge is 2.14. The molecule has 5 nitrogen and oxygen atoms in total. The molecule has 21 heavy (non-hydrogen) atoms. The average molecular weight is 305 g/mol. The number of nitrogens with zero attached hydrogens (tertiary/aromatic N) is 2. The van der Waals surface area contributed by atoms with Gasteiger partial charge < -0.3 is 10.2 Å². The number of rotatable bonds is 7. The molecule has 1 aromatic carbocycles. The van der Waals surface area contributed by atoms with Gasteiger partial charge in [-0.1, -0.05) is 18.2 Å². The second-order valence-electron chi connectivity index (χ2n) is 5.05. The van der Waals surface area contributed by atoms with Crippen molar-refractivity contribution < 1.29 is 4.92 Å². The first kappa shape index (κ1) is 15.6. The van der Waals surface area contributed by atoms with Crippen molar-refractivity contribution in [2.24, 2.45) is 0 Å². The molecule has 1 atom stereocenters. The number of benzene rings is 1. The number of likely N-dealkylation sites (N-methyl/N-ethyl adjacent to an activating group) is 1. The van der Waals surface area contributed by atoms with Crippen LogP contribution in [0.2, 0.25) is 0 Å². The van der Waals surface area contributed by atoms with Crippen LogP contribution in [0.5, 0.6) is 0 Å². The fourth-order valence-corrected chi connectivity index (χ4v) is 3.03. The summed E-state index contributed by atoms with van der Waals surface area (Å²) in [5.74, 6) is 0. The number of non-ortho nitro benzene ring substituents is 1. The maximum Gasteiger partial charge on any atom is 0.269 e. The van der Waals surface area contributed by atoms with E-state index in [0.29, 0.717) is 12.6 Å². The first-order chi connectivity index (χ1) is 10.1. The number of thiophene rings is 1. The fraction of sp³-hybridized carbons (Fsp3) is 0.333. The quantitative estimate of drug-likeness (QED) is 0.631. The molecule has 0 saturated carbocycles. The molecule has 0 bridgehead atoms. The topological polar surface area (TPSA) is 58.4 Å². The molecule has 112 valence electrons. The second-order valence-corrected chi connectivity index (χ2v) is 6.03. The molecule has 0 aliphatic heterocycles. The van der Waals surface area contributed by atoms with Crippen molar-refractivity contribution in [3.8, 4) is 0 Å². The Hall–Kier alpha value is -1.76. The fourth-order valence-electron chi connectivity index (χ4n) is 2.11. The van der Waals surface area contributed by atoms with E-state index in [1.807, 2.05) is 0 Å². The molecule has 1 aromatic heterocycles. The van der Waals surface area contributed by atoms with Crippen LogP contribution in [0.1, 0.15) is 16.5 Å². The van der Waals surface area contributed by atoms with Gasteiger partial charge in [-0.3, -0.25) is 10.1 Å². The number of nitro benzene ring substituents is 1. The molecule has 0 radical (unpaired) electrons. The van der Waals surface area contributed by atoms with Crippen LogP contribution in [0.3, 0.4) is 0 Å². The van der Waals surface area contributed by atoms with Gasteiger partial charge >= 0.3 is 0 Å². The lowest BCUT2D eigenvalue weighted by Crippen LogP contribution is -2.30. The van der Waals surface area contributed by atoms with Crippen molar-refractivity contribution >= 4 is 17.0 Å². The summed E-state index contributed by atoms with van der Waals surface area (Å²) in [4.78, 5) is 13.7. The standard InChI is InChI=1S/C15H19N3O2S/c1-17(2)14(15-4-3-9-21-15)11-16-10-12-5-7-13(8-6-12)18(19)20/h3-9,14,16H,10-11H2,1-2H3. The highest BCUT2D eigenvalue weighted by molar-refractivity contribution is 7.10. The highest BCUT2D eigenvalue weighted by Crippen LogP contribution is 2.22. The van der Waals surface area contributed by atoms with Gasteiger partial charge in [-0.25, -0.2) is 0 Å². The highest BCUT2D eigenvalue weighted by atomic mass is 32.1. The lowest BCUT2D eigenvalue weighted by molar-refractivity contribution is -0.384. The van der Waals surface area contributed by atoms with Crippen LogP contribution >= 0.6 is 11.3 Å². The third-order valence-corrected chi connectivity index (χ3v) is 4.28. The first-order valence-electron chi connectivity index (χ1n) is 6.72. The van der Waals surface area contributed by atoms with E-state index < -0.39 is 0 Å². The molecule has 6 heteroatoms. The first-order valence-corrected chi connectivity index (χ1v) is 7.60. The van der Waals surface area contributed by atoms with Gasteiger partial charge in [-0.2, -0.15) is 0 Å². The third-order valence-electron chi connectivity index (χ3n) is 3.31. The minimum Gasteiger partial charge on any atom is -0.311 e. The summed E-state index contributed by atoms with van der Waals surface area (Å²) in [6.07, 6.45) is 0. The Bertz CT molecular complexity index is 567. The number of nitrogens with one attached hydrogen (secondary N) is 1. The number of hydrogen-bond donors (Lipinski definition) is 1. The van der Waals surface area contributed by atoms with E-state index in [-0.39, 0.29) is 10.6 Å². The molecule has 1 N–H and O–H groups in total. The van der Waals surface area contributed by atoms with Crippen LogP contribution in [0.25, 0.3) is 0 Å². The number of hydrogen-bond acceptors (Lipinski definition) is 5. The number of nitro groups is 1. The zero-order valence-corrected chi connectivity index (χ0v) is 13.0. The minimum absolute atomic E-state index is 0.128. The summed E-state index contributed by atoms with van der Waals surface area (Å²) in [6, 6.07) is 11.2. The van der Waals surface area contributed by atoms with Crippen LogP contribution in [0.4, 0.5) is 5.69 Å². The summed E-state index contributed by atoms with van der Waals surface area (Å²) >= 11 is 1.75. The van der Waals surface area contributed by atoms with Gasteiger partial charge in [0.25, 0.3) is 5.69 Å². The molecular weight excluding hydrogens is 286 g/mol. The Morgan fingerprint density at radius 2 is 2.00 bits per heavy atom. The van der Waals surface area contributed by atoms with Crippen LogP contribution in [0.15, 0.2) is 41.8 Å². The van der Waals surface area contributed by atoms with Gasteiger partial charge in [0, 0.05) is 30.1 Å². The largest absolute Gasteiger partial charge is 0.311 e. The summed E-state index contributed by atoms with van der Waals surface area (Å²) in [5, 5.41) is 16.1. The molecule has 2 rings (SSSR count). The molecule has 1 heterocycles. The third kappa shape index (κ3) is 4.35. The van der Waals surface area contributed by atoms with Gasteiger partial charge in [0.1, 0.15) is 0 Å². The monoisotopic (exact) mass is 305 g/mol. The van der Waals surface area contributed by atoms with E-state index in [1.54, 1.807) is 35.6 Å². The van der Waals surface area contributed by atoms with E-state index in [2.05, 4.69) is 41.8 Å². The molecule has 0 saturated heterocycles. The molecule has 2 aromatic rings. The Labute approximate surface area is 128 Å². The predicted octanol–water partition coefficient (Wildman–Crippen LogP) is 3.05. The normalized spacial score (nSPS) is 12.5. The lowest BCUT2D eigenvalue weighted by atomic mass is 10.2. The molecule has 0 spiro atoms. The van der Waals surface area contributed by atoms with E-state index >= 15 is 0 Å². The van der Waals surface area contributed by atoms with Crippen molar-refractivity contribution in [2.45, 2.75) is 12.6 Å². The SMILES string of the molecule is CN(C)C(CNCc1ccc([N+](=O)[O-])cc1)c1cccs1. The molecule has 0 amide bonds. The van der Waals surface area contributed by atoms with E-state index in [0.717, 1.165) is 12.1 Å². The predicted molar refractivity (Wildman–Crippen MR) is 85.6 cm³/mol. The van der Waals surface area contributed by atoms with E-state index in [9.17, 15) is 10.1 Å². The molecule has 0 aliphatic carbocycles. The molecule has 1 unspecified atom stereocenters. The smallest absolute Gasteiger partial charge is 0.269 e. The van der Waals surface area contributed by atoms with Crippen LogP contribution < -0.4 is 5.32 Å². The Morgan fingerprint density at radius 1 is 1.29 bits per heavy atom. The molecule has 0 aliphatic rings. The zero-order chi connectivity index (χ0) is 15.2. The average Bonchev–Trinajstić information content (AvgIpc) is 2.97. The van der Waals surface area contributed by atoms with E-state index in [1.165, 1.54) is 4.88 Å². The summed E-state index contributed by atoms with van der Waals surface area (Å²) in [6.45, 7) is 1.54. The van der Waals surface area contributed by atoms with Gasteiger partial charge in [0.2, 0.25) is 0 Å². The van der Waals surface area contributed by atoms with Crippen molar-refractivity contribution in [3.05, 3.63) is 62.3 Å². The van der Waals surface area contributed by atoms with Gasteiger partial charge in [-0.05, 0) is 31.1 Å². The summed E-state index contributed by atoms with van der Waals surface area (Å²) in [5.41, 5.74) is 1.17. The molecular formula is C15H19N3O2S. The Balaban J connectivity index is 1.89. The van der Waals surface area contributed by atoms with Gasteiger partial charge in [0.15, 0.2) is 0 Å². The molecule has 0 fully saturated rings. The van der Waals surface area contributed by atoms with Crippen LogP contribution in [0, 0.1) is 10.1 Å². The maximum atomic E-state index is 10.6. The zero-order valence-electron chi connectivity index (χ0n) is 12.2. The lowest BCUT2D eigenvalue weighted by Gasteiger charge is -2.23. The van der Waals surface area contributed by atoms with Crippen LogP contribution in [-0.2, 0) is 6.54 Å². The summed E-state index contributed by atoms with van der Waals surface area (Å²) < 4.78 is 0. The second kappa shape index (κ2) is 7.31.